The Bertz CT molecular complexity index is 1110. The fraction of sp³-hybridized carbons (Fsp3) is 0.350. The van der Waals surface area contributed by atoms with Crippen LogP contribution in [0.5, 0.6) is 5.75 Å². The molecule has 170 valence electrons. The smallest absolute Gasteiger partial charge is 0.395 e. The molecule has 1 N–H and O–H groups in total. The van der Waals surface area contributed by atoms with E-state index in [1.807, 2.05) is 0 Å². The van der Waals surface area contributed by atoms with Gasteiger partial charge in [0, 0.05) is 12.0 Å². The summed E-state index contributed by atoms with van der Waals surface area (Å²) in [6, 6.07) is 4.57. The molecule has 32 heavy (non-hydrogen) atoms. The van der Waals surface area contributed by atoms with Gasteiger partial charge in [-0.05, 0) is 17.7 Å². The number of halogens is 5. The predicted molar refractivity (Wildman–Crippen MR) is 98.0 cm³/mol. The molecule has 7 nitrogen and oxygen atoms in total. The minimum atomic E-state index is -4.64. The zero-order chi connectivity index (χ0) is 23.2. The van der Waals surface area contributed by atoms with Crippen molar-refractivity contribution in [3.8, 4) is 11.4 Å². The molecule has 0 saturated carbocycles. The number of fused-ring (bicyclic) bond motifs is 3. The Labute approximate surface area is 177 Å². The van der Waals surface area contributed by atoms with E-state index in [0.717, 1.165) is 19.1 Å². The van der Waals surface area contributed by atoms with E-state index in [9.17, 15) is 31.9 Å². The Balaban J connectivity index is 1.68. The second-order valence-electron chi connectivity index (χ2n) is 7.35. The van der Waals surface area contributed by atoms with Gasteiger partial charge >= 0.3 is 18.8 Å². The molecule has 0 bridgehead atoms. The molecule has 12 heteroatoms. The lowest BCUT2D eigenvalue weighted by molar-refractivity contribution is -0.180. The first-order valence-electron chi connectivity index (χ1n) is 9.44. The zero-order valence-electron chi connectivity index (χ0n) is 16.4. The normalized spacial score (nSPS) is 22.2. The number of carboxylic acid groups (broad SMARTS) is 1. The fourth-order valence-electron chi connectivity index (χ4n) is 3.96. The number of aromatic nitrogens is 3. The summed E-state index contributed by atoms with van der Waals surface area (Å²) >= 11 is 0. The maximum absolute atomic E-state index is 13.2. The molecule has 0 radical (unpaired) electrons. The van der Waals surface area contributed by atoms with E-state index < -0.39 is 42.3 Å². The standard InChI is InChI=1S/C20H16F5N3O4/c1-9-13(20(23,24)25)4-5-15(17(9)32-19(21)22)31-10-2-3-11-12(7-16(29)30)18-27-26-8-28(18)14(11)6-10/h2-6,8-9,12-13,19H,7H2,1H3,(H,29,30). The van der Waals surface area contributed by atoms with Crippen LogP contribution in [0.1, 0.15) is 30.7 Å². The van der Waals surface area contributed by atoms with Gasteiger partial charge in [-0.1, -0.05) is 19.1 Å². The number of allylic oxidation sites excluding steroid dienone is 3. The number of benzene rings is 1. The molecule has 3 unspecified atom stereocenters. The van der Waals surface area contributed by atoms with Crippen molar-refractivity contribution >= 4 is 5.97 Å². The average molecular weight is 457 g/mol. The second kappa shape index (κ2) is 7.92. The van der Waals surface area contributed by atoms with E-state index in [-0.39, 0.29) is 17.9 Å². The summed E-state index contributed by atoms with van der Waals surface area (Å²) in [6.07, 6.45) is -1.67. The maximum atomic E-state index is 13.2. The van der Waals surface area contributed by atoms with Crippen molar-refractivity contribution in [3.05, 3.63) is 59.6 Å². The van der Waals surface area contributed by atoms with Crippen molar-refractivity contribution in [2.75, 3.05) is 0 Å². The highest BCUT2D eigenvalue weighted by molar-refractivity contribution is 5.70. The van der Waals surface area contributed by atoms with Gasteiger partial charge in [0.15, 0.2) is 5.76 Å². The van der Waals surface area contributed by atoms with E-state index in [1.54, 1.807) is 10.6 Å². The Morgan fingerprint density at radius 1 is 1.31 bits per heavy atom. The Morgan fingerprint density at radius 2 is 2.06 bits per heavy atom. The fourth-order valence-corrected chi connectivity index (χ4v) is 3.96. The van der Waals surface area contributed by atoms with Gasteiger partial charge in [-0.15, -0.1) is 10.2 Å². The lowest BCUT2D eigenvalue weighted by atomic mass is 9.87. The van der Waals surface area contributed by atoms with Crippen LogP contribution in [-0.2, 0) is 9.53 Å². The minimum absolute atomic E-state index is 0.132. The number of alkyl halides is 5. The number of ether oxygens (including phenoxy) is 2. The van der Waals surface area contributed by atoms with Gasteiger partial charge in [0.05, 0.1) is 23.9 Å². The molecular formula is C20H16F5N3O4. The third-order valence-corrected chi connectivity index (χ3v) is 5.37. The monoisotopic (exact) mass is 457 g/mol. The first-order chi connectivity index (χ1) is 15.1. The van der Waals surface area contributed by atoms with Crippen molar-refractivity contribution in [1.29, 1.82) is 0 Å². The summed E-state index contributed by atoms with van der Waals surface area (Å²) in [4.78, 5) is 11.2. The number of rotatable bonds is 6. The van der Waals surface area contributed by atoms with Crippen molar-refractivity contribution in [2.24, 2.45) is 11.8 Å². The molecule has 1 aromatic carbocycles. The summed E-state index contributed by atoms with van der Waals surface area (Å²) in [5.41, 5.74) is 1.17. The van der Waals surface area contributed by atoms with Crippen LogP contribution in [0.25, 0.3) is 5.69 Å². The number of hydrogen-bond acceptors (Lipinski definition) is 5. The highest BCUT2D eigenvalue weighted by atomic mass is 19.4. The summed E-state index contributed by atoms with van der Waals surface area (Å²) in [7, 11) is 0. The van der Waals surface area contributed by atoms with Crippen molar-refractivity contribution in [2.45, 2.75) is 32.1 Å². The summed E-state index contributed by atoms with van der Waals surface area (Å²) in [5, 5.41) is 16.9. The molecule has 2 aliphatic rings. The molecule has 1 aliphatic heterocycles. The number of hydrogen-bond donors (Lipinski definition) is 1. The SMILES string of the molecule is CC1C(OC(F)F)=C(Oc2ccc3c(c2)-n2cnnc2C3CC(=O)O)C=CC1C(F)(F)F. The van der Waals surface area contributed by atoms with Gasteiger partial charge in [0.1, 0.15) is 23.7 Å². The third kappa shape index (κ3) is 3.92. The zero-order valence-corrected chi connectivity index (χ0v) is 16.4. The molecule has 0 amide bonds. The van der Waals surface area contributed by atoms with Crippen LogP contribution in [-0.4, -0.2) is 38.6 Å². The van der Waals surface area contributed by atoms with Gasteiger partial charge < -0.3 is 14.6 Å². The first kappa shape index (κ1) is 21.8. The van der Waals surface area contributed by atoms with Crippen LogP contribution in [0, 0.1) is 11.8 Å². The molecule has 1 aliphatic carbocycles. The van der Waals surface area contributed by atoms with Gasteiger partial charge in [-0.25, -0.2) is 0 Å². The van der Waals surface area contributed by atoms with Crippen LogP contribution in [0.4, 0.5) is 22.0 Å². The van der Waals surface area contributed by atoms with Crippen LogP contribution >= 0.6 is 0 Å². The van der Waals surface area contributed by atoms with E-state index in [2.05, 4.69) is 14.9 Å². The Hall–Kier alpha value is -3.44. The second-order valence-corrected chi connectivity index (χ2v) is 7.35. The van der Waals surface area contributed by atoms with Gasteiger partial charge in [-0.3, -0.25) is 9.36 Å². The Kier molecular flexibility index (Phi) is 5.39. The molecular weight excluding hydrogens is 441 g/mol. The number of nitrogens with zero attached hydrogens (tertiary/aromatic N) is 3. The van der Waals surface area contributed by atoms with E-state index in [4.69, 9.17) is 4.74 Å². The van der Waals surface area contributed by atoms with Gasteiger partial charge in [-0.2, -0.15) is 22.0 Å². The van der Waals surface area contributed by atoms with Crippen LogP contribution in [0.15, 0.2) is 48.2 Å². The lowest BCUT2D eigenvalue weighted by Gasteiger charge is -2.30. The maximum Gasteiger partial charge on any atom is 0.395 e. The summed E-state index contributed by atoms with van der Waals surface area (Å²) in [5.74, 6) is -5.34. The van der Waals surface area contributed by atoms with E-state index >= 15 is 0 Å². The van der Waals surface area contributed by atoms with E-state index in [0.29, 0.717) is 17.1 Å². The topological polar surface area (TPSA) is 86.5 Å². The lowest BCUT2D eigenvalue weighted by Crippen LogP contribution is -2.32. The van der Waals surface area contributed by atoms with Crippen molar-refractivity contribution < 1.29 is 41.3 Å². The molecule has 0 spiro atoms. The highest BCUT2D eigenvalue weighted by Gasteiger charge is 2.46. The molecule has 4 rings (SSSR count). The molecule has 1 aromatic heterocycles. The molecule has 2 heterocycles. The highest BCUT2D eigenvalue weighted by Crippen LogP contribution is 2.43. The number of carboxylic acids is 1. The van der Waals surface area contributed by atoms with Gasteiger partial charge in [0.2, 0.25) is 0 Å². The number of aliphatic carboxylic acids is 1. The van der Waals surface area contributed by atoms with Crippen molar-refractivity contribution in [3.63, 3.8) is 0 Å². The van der Waals surface area contributed by atoms with Crippen LogP contribution < -0.4 is 4.74 Å². The van der Waals surface area contributed by atoms with Crippen molar-refractivity contribution in [1.82, 2.24) is 14.8 Å². The van der Waals surface area contributed by atoms with Crippen LogP contribution in [0.3, 0.4) is 0 Å². The third-order valence-electron chi connectivity index (χ3n) is 5.37. The predicted octanol–water partition coefficient (Wildman–Crippen LogP) is 4.40. The first-order valence-corrected chi connectivity index (χ1v) is 9.44. The van der Waals surface area contributed by atoms with E-state index in [1.165, 1.54) is 18.5 Å². The van der Waals surface area contributed by atoms with Gasteiger partial charge in [0.25, 0.3) is 0 Å². The van der Waals surface area contributed by atoms with Crippen LogP contribution in [0.2, 0.25) is 0 Å². The summed E-state index contributed by atoms with van der Waals surface area (Å²) < 4.78 is 77.1. The molecule has 3 atom stereocenters. The molecule has 2 aromatic rings. The average Bonchev–Trinajstić information content (AvgIpc) is 3.26. The Morgan fingerprint density at radius 3 is 2.72 bits per heavy atom. The molecule has 0 fully saturated rings. The quantitative estimate of drug-likeness (QED) is 0.648. The largest absolute Gasteiger partial charge is 0.481 e. The minimum Gasteiger partial charge on any atom is -0.481 e. The number of carbonyl (C=O) groups is 1. The summed E-state index contributed by atoms with van der Waals surface area (Å²) in [6.45, 7) is -2.20. The molecule has 0 saturated heterocycles.